The molecule has 0 saturated carbocycles. The minimum atomic E-state index is -0.501. The Hall–Kier alpha value is -1.84. The Kier molecular flexibility index (Phi) is 2.67. The molecule has 0 radical (unpaired) electrons. The maximum Gasteiger partial charge on any atom is 0.434 e. The van der Waals surface area contributed by atoms with Gasteiger partial charge in [-0.2, -0.15) is 0 Å². The maximum atomic E-state index is 10.9. The lowest BCUT2D eigenvalue weighted by Gasteiger charge is -2.09. The highest BCUT2D eigenvalue weighted by molar-refractivity contribution is 5.23. The fourth-order valence-electron chi connectivity index (χ4n) is 1.63. The number of hydrogen-bond donors (Lipinski definition) is 1. The third kappa shape index (κ3) is 1.98. The zero-order chi connectivity index (χ0) is 10.7. The maximum absolute atomic E-state index is 10.9. The number of nitrogens with one attached hydrogen (secondary N) is 1. The molecule has 0 saturated heterocycles. The molecular formula is C11H12N2O2. The van der Waals surface area contributed by atoms with Gasteiger partial charge >= 0.3 is 5.76 Å². The molecule has 1 N–H and O–H groups in total. The Bertz CT molecular complexity index is 473. The Morgan fingerprint density at radius 3 is 2.67 bits per heavy atom. The first-order valence-electron chi connectivity index (χ1n) is 4.91. The number of aromatic amines is 1. The van der Waals surface area contributed by atoms with Crippen molar-refractivity contribution >= 4 is 0 Å². The molecule has 0 fully saturated rings. The molecule has 1 aromatic heterocycles. The van der Waals surface area contributed by atoms with Crippen molar-refractivity contribution in [2.24, 2.45) is 0 Å². The van der Waals surface area contributed by atoms with Gasteiger partial charge in [-0.15, -0.1) is 5.10 Å². The van der Waals surface area contributed by atoms with E-state index in [-0.39, 0.29) is 5.92 Å². The largest absolute Gasteiger partial charge is 0.434 e. The number of H-pyrrole nitrogens is 1. The van der Waals surface area contributed by atoms with E-state index >= 15 is 0 Å². The summed E-state index contributed by atoms with van der Waals surface area (Å²) in [6, 6.07) is 9.88. The summed E-state index contributed by atoms with van der Waals surface area (Å²) >= 11 is 0. The van der Waals surface area contributed by atoms with Crippen LogP contribution in [-0.4, -0.2) is 10.2 Å². The molecule has 0 aliphatic rings. The van der Waals surface area contributed by atoms with Gasteiger partial charge in [0.05, 0.1) is 5.92 Å². The van der Waals surface area contributed by atoms with E-state index < -0.39 is 5.76 Å². The van der Waals surface area contributed by atoms with Crippen LogP contribution in [0.2, 0.25) is 0 Å². The summed E-state index contributed by atoms with van der Waals surface area (Å²) in [6.45, 7) is 2.03. The van der Waals surface area contributed by atoms with Gasteiger partial charge in [-0.25, -0.2) is 9.89 Å². The molecule has 1 aromatic carbocycles. The van der Waals surface area contributed by atoms with Crippen molar-refractivity contribution in [1.29, 1.82) is 0 Å². The Labute approximate surface area is 86.9 Å². The molecule has 2 aromatic rings. The predicted octanol–water partition coefficient (Wildman–Crippen LogP) is 1.90. The topological polar surface area (TPSA) is 58.9 Å². The molecule has 4 nitrogen and oxygen atoms in total. The normalized spacial score (nSPS) is 12.6. The zero-order valence-corrected chi connectivity index (χ0v) is 8.43. The first-order chi connectivity index (χ1) is 7.31. The second-order valence-corrected chi connectivity index (χ2v) is 3.32. The van der Waals surface area contributed by atoms with E-state index in [0.29, 0.717) is 5.89 Å². The molecule has 0 aliphatic heterocycles. The molecule has 0 spiro atoms. The number of nitrogens with zero attached hydrogens (tertiary/aromatic N) is 1. The minimum absolute atomic E-state index is 0.0464. The highest BCUT2D eigenvalue weighted by atomic mass is 16.4. The lowest BCUT2D eigenvalue weighted by molar-refractivity contribution is 0.438. The van der Waals surface area contributed by atoms with E-state index in [1.807, 2.05) is 37.3 Å². The molecule has 78 valence electrons. The fraction of sp³-hybridized carbons (Fsp3) is 0.273. The molecule has 0 bridgehead atoms. The van der Waals surface area contributed by atoms with Gasteiger partial charge < -0.3 is 4.42 Å². The molecule has 1 atom stereocenters. The van der Waals surface area contributed by atoms with Crippen LogP contribution in [0.1, 0.15) is 30.7 Å². The van der Waals surface area contributed by atoms with Crippen molar-refractivity contribution in [3.05, 3.63) is 52.3 Å². The molecule has 1 unspecified atom stereocenters. The van der Waals surface area contributed by atoms with Crippen LogP contribution in [0.3, 0.4) is 0 Å². The van der Waals surface area contributed by atoms with Crippen LogP contribution in [0, 0.1) is 0 Å². The van der Waals surface area contributed by atoms with Gasteiger partial charge in [-0.05, 0) is 12.0 Å². The Morgan fingerprint density at radius 2 is 2.13 bits per heavy atom. The predicted molar refractivity (Wildman–Crippen MR) is 55.7 cm³/mol. The molecule has 1 heterocycles. The van der Waals surface area contributed by atoms with Crippen molar-refractivity contribution in [3.63, 3.8) is 0 Å². The number of hydrogen-bond acceptors (Lipinski definition) is 3. The van der Waals surface area contributed by atoms with Crippen molar-refractivity contribution in [3.8, 4) is 0 Å². The van der Waals surface area contributed by atoms with E-state index in [4.69, 9.17) is 4.42 Å². The van der Waals surface area contributed by atoms with Crippen LogP contribution in [0.15, 0.2) is 39.5 Å². The van der Waals surface area contributed by atoms with E-state index in [9.17, 15) is 4.79 Å². The second kappa shape index (κ2) is 4.13. The summed E-state index contributed by atoms with van der Waals surface area (Å²) in [5, 5.41) is 6.14. The van der Waals surface area contributed by atoms with Crippen LogP contribution in [0.4, 0.5) is 0 Å². The van der Waals surface area contributed by atoms with E-state index in [1.54, 1.807) is 0 Å². The minimum Gasteiger partial charge on any atom is -0.392 e. The summed E-state index contributed by atoms with van der Waals surface area (Å²) in [7, 11) is 0. The van der Waals surface area contributed by atoms with E-state index in [2.05, 4.69) is 10.2 Å². The molecule has 4 heteroatoms. The Balaban J connectivity index is 2.37. The summed E-state index contributed by atoms with van der Waals surface area (Å²) in [4.78, 5) is 10.9. The first-order valence-corrected chi connectivity index (χ1v) is 4.91. The zero-order valence-electron chi connectivity index (χ0n) is 8.43. The van der Waals surface area contributed by atoms with Gasteiger partial charge in [0.15, 0.2) is 0 Å². The van der Waals surface area contributed by atoms with Gasteiger partial charge in [-0.1, -0.05) is 37.3 Å². The Morgan fingerprint density at radius 1 is 1.40 bits per heavy atom. The van der Waals surface area contributed by atoms with Crippen LogP contribution < -0.4 is 5.76 Å². The van der Waals surface area contributed by atoms with Gasteiger partial charge in [-0.3, -0.25) is 0 Å². The highest BCUT2D eigenvalue weighted by Crippen LogP contribution is 2.24. The number of aromatic nitrogens is 2. The summed E-state index contributed by atoms with van der Waals surface area (Å²) < 4.78 is 4.97. The fourth-order valence-corrected chi connectivity index (χ4v) is 1.63. The lowest BCUT2D eigenvalue weighted by atomic mass is 9.97. The third-order valence-corrected chi connectivity index (χ3v) is 2.36. The number of rotatable bonds is 3. The van der Waals surface area contributed by atoms with Crippen molar-refractivity contribution in [1.82, 2.24) is 10.2 Å². The second-order valence-electron chi connectivity index (χ2n) is 3.32. The van der Waals surface area contributed by atoms with Crippen molar-refractivity contribution < 1.29 is 4.42 Å². The van der Waals surface area contributed by atoms with Crippen LogP contribution in [-0.2, 0) is 0 Å². The van der Waals surface area contributed by atoms with Crippen molar-refractivity contribution in [2.75, 3.05) is 0 Å². The molecule has 15 heavy (non-hydrogen) atoms. The molecule has 2 rings (SSSR count). The van der Waals surface area contributed by atoms with Crippen LogP contribution in [0.5, 0.6) is 0 Å². The van der Waals surface area contributed by atoms with E-state index in [0.717, 1.165) is 12.0 Å². The average Bonchev–Trinajstić information content (AvgIpc) is 2.68. The standard InChI is InChI=1S/C11H12N2O2/c1-2-9(8-6-4-3-5-7-8)10-12-13-11(14)15-10/h3-7,9H,2H2,1H3,(H,13,14). The quantitative estimate of drug-likeness (QED) is 0.830. The summed E-state index contributed by atoms with van der Waals surface area (Å²) in [5.41, 5.74) is 1.11. The number of benzene rings is 1. The van der Waals surface area contributed by atoms with Gasteiger partial charge in [0.1, 0.15) is 0 Å². The summed E-state index contributed by atoms with van der Waals surface area (Å²) in [6.07, 6.45) is 0.845. The van der Waals surface area contributed by atoms with Crippen LogP contribution >= 0.6 is 0 Å². The SMILES string of the molecule is CCC(c1ccccc1)c1n[nH]c(=O)o1. The van der Waals surface area contributed by atoms with Gasteiger partial charge in [0.25, 0.3) is 0 Å². The van der Waals surface area contributed by atoms with Gasteiger partial charge in [0.2, 0.25) is 5.89 Å². The van der Waals surface area contributed by atoms with Gasteiger partial charge in [0, 0.05) is 0 Å². The van der Waals surface area contributed by atoms with Crippen LogP contribution in [0.25, 0.3) is 0 Å². The third-order valence-electron chi connectivity index (χ3n) is 2.36. The highest BCUT2D eigenvalue weighted by Gasteiger charge is 2.17. The monoisotopic (exact) mass is 204 g/mol. The first kappa shape index (κ1) is 9.71. The van der Waals surface area contributed by atoms with Crippen molar-refractivity contribution in [2.45, 2.75) is 19.3 Å². The lowest BCUT2D eigenvalue weighted by Crippen LogP contribution is -2.00. The molecule has 0 aliphatic carbocycles. The smallest absolute Gasteiger partial charge is 0.392 e. The van der Waals surface area contributed by atoms with E-state index in [1.165, 1.54) is 0 Å². The molecule has 0 amide bonds. The molecular weight excluding hydrogens is 192 g/mol. The summed E-state index contributed by atoms with van der Waals surface area (Å²) in [5.74, 6) is -0.00164. The average molecular weight is 204 g/mol.